The van der Waals surface area contributed by atoms with E-state index in [0.717, 1.165) is 61.6 Å². The van der Waals surface area contributed by atoms with Crippen LogP contribution >= 0.6 is 11.8 Å². The first kappa shape index (κ1) is 19.9. The van der Waals surface area contributed by atoms with E-state index >= 15 is 0 Å². The maximum absolute atomic E-state index is 12.3. The summed E-state index contributed by atoms with van der Waals surface area (Å²) in [6.45, 7) is 11.0. The molecule has 0 unspecified atom stereocenters. The average molecular weight is 390 g/mol. The van der Waals surface area contributed by atoms with E-state index < -0.39 is 0 Å². The van der Waals surface area contributed by atoms with Crippen LogP contribution in [0, 0.1) is 13.8 Å². The molecule has 0 bridgehead atoms. The van der Waals surface area contributed by atoms with Crippen molar-refractivity contribution in [2.75, 3.05) is 37.4 Å². The van der Waals surface area contributed by atoms with Gasteiger partial charge in [0.1, 0.15) is 5.82 Å². The van der Waals surface area contributed by atoms with Gasteiger partial charge >= 0.3 is 0 Å². The minimum absolute atomic E-state index is 0.0349. The Labute approximate surface area is 164 Å². The Kier molecular flexibility index (Phi) is 6.87. The van der Waals surface area contributed by atoms with Crippen molar-refractivity contribution in [2.24, 2.45) is 0 Å². The van der Waals surface area contributed by atoms with Gasteiger partial charge in [-0.2, -0.15) is 0 Å². The van der Waals surface area contributed by atoms with E-state index in [1.807, 2.05) is 26.0 Å². The summed E-state index contributed by atoms with van der Waals surface area (Å²) < 4.78 is 7.48. The molecule has 1 aromatic carbocycles. The number of aromatic nitrogens is 3. The van der Waals surface area contributed by atoms with Crippen LogP contribution in [0.2, 0.25) is 0 Å². The van der Waals surface area contributed by atoms with Crippen molar-refractivity contribution >= 4 is 23.4 Å². The Bertz CT molecular complexity index is 786. The lowest BCUT2D eigenvalue weighted by Crippen LogP contribution is -2.36. The third-order valence-electron chi connectivity index (χ3n) is 4.57. The lowest BCUT2D eigenvalue weighted by Gasteiger charge is -2.26. The van der Waals surface area contributed by atoms with Gasteiger partial charge in [-0.3, -0.25) is 9.69 Å². The number of nitrogens with one attached hydrogen (secondary N) is 1. The molecule has 27 heavy (non-hydrogen) atoms. The van der Waals surface area contributed by atoms with Crippen molar-refractivity contribution in [3.63, 3.8) is 0 Å². The first-order valence-corrected chi connectivity index (χ1v) is 10.3. The monoisotopic (exact) mass is 389 g/mol. The fourth-order valence-corrected chi connectivity index (χ4v) is 3.91. The predicted octanol–water partition coefficient (Wildman–Crippen LogP) is 2.48. The van der Waals surface area contributed by atoms with Crippen LogP contribution in [0.5, 0.6) is 0 Å². The SMILES string of the molecule is CCn1c(CN2CCOCC2)nnc1SCC(=O)Nc1ccc(C)cc1C. The van der Waals surface area contributed by atoms with Gasteiger partial charge in [-0.05, 0) is 32.4 Å². The largest absolute Gasteiger partial charge is 0.379 e. The van der Waals surface area contributed by atoms with Gasteiger partial charge in [-0.15, -0.1) is 10.2 Å². The van der Waals surface area contributed by atoms with E-state index in [2.05, 4.69) is 38.0 Å². The standard InChI is InChI=1S/C19H27N5O2S/c1-4-24-17(12-23-7-9-26-10-8-23)21-22-19(24)27-13-18(25)20-16-6-5-14(2)11-15(16)3/h5-6,11H,4,7-10,12-13H2,1-3H3,(H,20,25). The van der Waals surface area contributed by atoms with Crippen LogP contribution in [0.25, 0.3) is 0 Å². The molecule has 0 saturated carbocycles. The van der Waals surface area contributed by atoms with Crippen molar-refractivity contribution in [1.29, 1.82) is 0 Å². The van der Waals surface area contributed by atoms with Crippen LogP contribution < -0.4 is 5.32 Å². The summed E-state index contributed by atoms with van der Waals surface area (Å²) in [5.41, 5.74) is 3.11. The molecule has 0 spiro atoms. The van der Waals surface area contributed by atoms with Crippen LogP contribution in [0.1, 0.15) is 23.9 Å². The van der Waals surface area contributed by atoms with E-state index in [4.69, 9.17) is 4.74 Å². The normalized spacial score (nSPS) is 15.1. The van der Waals surface area contributed by atoms with Gasteiger partial charge < -0.3 is 14.6 Å². The summed E-state index contributed by atoms with van der Waals surface area (Å²) >= 11 is 1.42. The molecule has 0 aliphatic carbocycles. The fraction of sp³-hybridized carbons (Fsp3) is 0.526. The first-order valence-electron chi connectivity index (χ1n) is 9.29. The molecule has 1 amide bonds. The zero-order valence-electron chi connectivity index (χ0n) is 16.2. The van der Waals surface area contributed by atoms with Gasteiger partial charge in [0.2, 0.25) is 5.91 Å². The lowest BCUT2D eigenvalue weighted by molar-refractivity contribution is -0.113. The number of carbonyl (C=O) groups excluding carboxylic acids is 1. The summed E-state index contributed by atoms with van der Waals surface area (Å²) in [5.74, 6) is 1.22. The molecule has 146 valence electrons. The molecule has 0 atom stereocenters. The maximum atomic E-state index is 12.3. The van der Waals surface area contributed by atoms with Crippen LogP contribution in [0.3, 0.4) is 0 Å². The molecule has 1 fully saturated rings. The molecular formula is C19H27N5O2S. The minimum atomic E-state index is -0.0349. The third kappa shape index (κ3) is 5.31. The number of hydrogen-bond donors (Lipinski definition) is 1. The molecule has 1 aliphatic heterocycles. The first-order chi connectivity index (χ1) is 13.1. The van der Waals surface area contributed by atoms with Gasteiger partial charge in [-0.25, -0.2) is 0 Å². The van der Waals surface area contributed by atoms with Gasteiger partial charge in [0.25, 0.3) is 0 Å². The molecule has 7 nitrogen and oxygen atoms in total. The zero-order valence-corrected chi connectivity index (χ0v) is 17.0. The second-order valence-electron chi connectivity index (χ2n) is 6.69. The molecule has 0 radical (unpaired) electrons. The number of amides is 1. The molecule has 1 saturated heterocycles. The molecule has 1 aliphatic rings. The molecule has 3 rings (SSSR count). The Balaban J connectivity index is 1.57. The second-order valence-corrected chi connectivity index (χ2v) is 7.63. The molecular weight excluding hydrogens is 362 g/mol. The Morgan fingerprint density at radius 1 is 1.26 bits per heavy atom. The molecule has 1 aromatic heterocycles. The van der Waals surface area contributed by atoms with Crippen LogP contribution in [-0.4, -0.2) is 57.6 Å². The molecule has 2 aromatic rings. The van der Waals surface area contributed by atoms with Crippen molar-refractivity contribution in [1.82, 2.24) is 19.7 Å². The summed E-state index contributed by atoms with van der Waals surface area (Å²) in [4.78, 5) is 14.7. The molecule has 2 heterocycles. The zero-order chi connectivity index (χ0) is 19.2. The highest BCUT2D eigenvalue weighted by Gasteiger charge is 2.17. The van der Waals surface area contributed by atoms with Crippen LogP contribution in [0.4, 0.5) is 5.69 Å². The van der Waals surface area contributed by atoms with Crippen LogP contribution in [-0.2, 0) is 22.6 Å². The Morgan fingerprint density at radius 3 is 2.74 bits per heavy atom. The number of benzene rings is 1. The predicted molar refractivity (Wildman–Crippen MR) is 107 cm³/mol. The Morgan fingerprint density at radius 2 is 2.04 bits per heavy atom. The van der Waals surface area contributed by atoms with E-state index in [-0.39, 0.29) is 5.91 Å². The highest BCUT2D eigenvalue weighted by Crippen LogP contribution is 2.20. The van der Waals surface area contributed by atoms with E-state index in [9.17, 15) is 4.79 Å². The van der Waals surface area contributed by atoms with Crippen LogP contribution in [0.15, 0.2) is 23.4 Å². The summed E-state index contributed by atoms with van der Waals surface area (Å²) in [5, 5.41) is 12.4. The number of thioether (sulfide) groups is 1. The van der Waals surface area contributed by atoms with Crippen molar-refractivity contribution in [3.05, 3.63) is 35.2 Å². The highest BCUT2D eigenvalue weighted by molar-refractivity contribution is 7.99. The number of aryl methyl sites for hydroxylation is 2. The van der Waals surface area contributed by atoms with E-state index in [0.29, 0.717) is 5.75 Å². The fourth-order valence-electron chi connectivity index (χ4n) is 3.09. The van der Waals surface area contributed by atoms with Gasteiger partial charge in [0.05, 0.1) is 25.5 Å². The summed E-state index contributed by atoms with van der Waals surface area (Å²) in [6, 6.07) is 6.01. The number of hydrogen-bond acceptors (Lipinski definition) is 6. The number of rotatable bonds is 7. The van der Waals surface area contributed by atoms with Gasteiger partial charge in [-0.1, -0.05) is 29.5 Å². The van der Waals surface area contributed by atoms with Crippen molar-refractivity contribution in [2.45, 2.75) is 39.0 Å². The quantitative estimate of drug-likeness (QED) is 0.734. The van der Waals surface area contributed by atoms with E-state index in [1.54, 1.807) is 0 Å². The smallest absolute Gasteiger partial charge is 0.234 e. The highest BCUT2D eigenvalue weighted by atomic mass is 32.2. The average Bonchev–Trinajstić information content (AvgIpc) is 3.04. The van der Waals surface area contributed by atoms with E-state index in [1.165, 1.54) is 17.3 Å². The van der Waals surface area contributed by atoms with Gasteiger partial charge in [0.15, 0.2) is 5.16 Å². The molecule has 8 heteroatoms. The minimum Gasteiger partial charge on any atom is -0.379 e. The number of ether oxygens (including phenoxy) is 1. The third-order valence-corrected chi connectivity index (χ3v) is 5.53. The van der Waals surface area contributed by atoms with Crippen molar-refractivity contribution < 1.29 is 9.53 Å². The topological polar surface area (TPSA) is 72.3 Å². The van der Waals surface area contributed by atoms with Gasteiger partial charge in [0, 0.05) is 25.3 Å². The number of nitrogens with zero attached hydrogens (tertiary/aromatic N) is 4. The number of anilines is 1. The number of morpholine rings is 1. The Hall–Kier alpha value is -1.90. The molecule has 1 N–H and O–H groups in total. The lowest BCUT2D eigenvalue weighted by atomic mass is 10.1. The second kappa shape index (κ2) is 9.34. The summed E-state index contributed by atoms with van der Waals surface area (Å²) in [6.07, 6.45) is 0. The van der Waals surface area contributed by atoms with Crippen molar-refractivity contribution in [3.8, 4) is 0 Å². The summed E-state index contributed by atoms with van der Waals surface area (Å²) in [7, 11) is 0. The number of carbonyl (C=O) groups is 1. The maximum Gasteiger partial charge on any atom is 0.234 e.